The van der Waals surface area contributed by atoms with Gasteiger partial charge in [0.15, 0.2) is 0 Å². The SMILES string of the molecule is O=[N+]([O-])c1ccc(CNC2CC2)o1. The van der Waals surface area contributed by atoms with E-state index in [1.165, 1.54) is 18.9 Å². The number of furan rings is 1. The topological polar surface area (TPSA) is 68.3 Å². The van der Waals surface area contributed by atoms with Crippen molar-refractivity contribution in [3.63, 3.8) is 0 Å². The lowest BCUT2D eigenvalue weighted by molar-refractivity contribution is -0.402. The smallest absolute Gasteiger partial charge is 0.404 e. The number of hydrogen-bond donors (Lipinski definition) is 1. The van der Waals surface area contributed by atoms with Crippen molar-refractivity contribution in [1.82, 2.24) is 5.32 Å². The van der Waals surface area contributed by atoms with Gasteiger partial charge in [-0.25, -0.2) is 0 Å². The normalized spacial score (nSPS) is 16.0. The molecule has 2 rings (SSSR count). The Hall–Kier alpha value is -1.36. The molecule has 1 fully saturated rings. The third-order valence-corrected chi connectivity index (χ3v) is 1.97. The molecular weight excluding hydrogens is 172 g/mol. The van der Waals surface area contributed by atoms with Crippen molar-refractivity contribution in [3.05, 3.63) is 28.0 Å². The molecule has 1 aliphatic carbocycles. The van der Waals surface area contributed by atoms with Crippen LogP contribution in [0.1, 0.15) is 18.6 Å². The van der Waals surface area contributed by atoms with E-state index in [0.29, 0.717) is 18.3 Å². The number of hydrogen-bond acceptors (Lipinski definition) is 4. The van der Waals surface area contributed by atoms with Gasteiger partial charge in [-0.2, -0.15) is 0 Å². The van der Waals surface area contributed by atoms with Gasteiger partial charge in [-0.1, -0.05) is 0 Å². The largest absolute Gasteiger partial charge is 0.433 e. The minimum absolute atomic E-state index is 0.187. The minimum atomic E-state index is -0.527. The second-order valence-corrected chi connectivity index (χ2v) is 3.15. The molecule has 1 saturated carbocycles. The Labute approximate surface area is 74.9 Å². The van der Waals surface area contributed by atoms with Crippen molar-refractivity contribution in [1.29, 1.82) is 0 Å². The second-order valence-electron chi connectivity index (χ2n) is 3.15. The maximum Gasteiger partial charge on any atom is 0.433 e. The standard InChI is InChI=1S/C8H10N2O3/c11-10(12)8-4-3-7(13-8)5-9-6-1-2-6/h3-4,6,9H,1-2,5H2. The maximum atomic E-state index is 10.3. The lowest BCUT2D eigenvalue weighted by atomic mass is 10.4. The van der Waals surface area contributed by atoms with Gasteiger partial charge >= 0.3 is 5.88 Å². The Morgan fingerprint density at radius 3 is 2.92 bits per heavy atom. The van der Waals surface area contributed by atoms with Crippen LogP contribution in [0, 0.1) is 10.1 Å². The van der Waals surface area contributed by atoms with Crippen LogP contribution in [0.4, 0.5) is 5.88 Å². The van der Waals surface area contributed by atoms with Gasteiger partial charge in [-0.3, -0.25) is 10.1 Å². The summed E-state index contributed by atoms with van der Waals surface area (Å²) in [7, 11) is 0. The zero-order valence-corrected chi connectivity index (χ0v) is 7.03. The molecule has 5 heteroatoms. The summed E-state index contributed by atoms with van der Waals surface area (Å²) in [5.74, 6) is 0.436. The van der Waals surface area contributed by atoms with Crippen LogP contribution in [-0.2, 0) is 6.54 Å². The highest BCUT2D eigenvalue weighted by atomic mass is 16.6. The van der Waals surface area contributed by atoms with E-state index in [2.05, 4.69) is 5.32 Å². The Balaban J connectivity index is 1.92. The second kappa shape index (κ2) is 3.18. The van der Waals surface area contributed by atoms with E-state index in [4.69, 9.17) is 4.42 Å². The monoisotopic (exact) mass is 182 g/mol. The summed E-state index contributed by atoms with van der Waals surface area (Å²) < 4.78 is 4.96. The van der Waals surface area contributed by atoms with Crippen LogP contribution in [0.5, 0.6) is 0 Å². The molecule has 0 atom stereocenters. The molecule has 0 amide bonds. The van der Waals surface area contributed by atoms with Gasteiger partial charge in [-0.15, -0.1) is 0 Å². The average molecular weight is 182 g/mol. The molecule has 1 heterocycles. The Morgan fingerprint density at radius 2 is 2.38 bits per heavy atom. The molecule has 70 valence electrons. The van der Waals surface area contributed by atoms with Crippen molar-refractivity contribution in [2.45, 2.75) is 25.4 Å². The Kier molecular flexibility index (Phi) is 2.02. The minimum Gasteiger partial charge on any atom is -0.404 e. The van der Waals surface area contributed by atoms with Crippen LogP contribution in [0.25, 0.3) is 0 Å². The fourth-order valence-corrected chi connectivity index (χ4v) is 1.09. The van der Waals surface area contributed by atoms with Crippen molar-refractivity contribution in [2.24, 2.45) is 0 Å². The van der Waals surface area contributed by atoms with E-state index in [1.54, 1.807) is 6.07 Å². The van der Waals surface area contributed by atoms with E-state index in [0.717, 1.165) is 0 Å². The average Bonchev–Trinajstić information content (AvgIpc) is 2.79. The predicted octanol–water partition coefficient (Wildman–Crippen LogP) is 1.44. The van der Waals surface area contributed by atoms with E-state index >= 15 is 0 Å². The highest BCUT2D eigenvalue weighted by Gasteiger charge is 2.21. The molecule has 0 spiro atoms. The van der Waals surface area contributed by atoms with Gasteiger partial charge < -0.3 is 9.73 Å². The first-order chi connectivity index (χ1) is 6.25. The van der Waals surface area contributed by atoms with Gasteiger partial charge in [0, 0.05) is 6.04 Å². The van der Waals surface area contributed by atoms with Crippen molar-refractivity contribution in [3.8, 4) is 0 Å². The Bertz CT molecular complexity index is 317. The highest BCUT2D eigenvalue weighted by Crippen LogP contribution is 2.20. The van der Waals surface area contributed by atoms with Crippen molar-refractivity contribution < 1.29 is 9.34 Å². The lowest BCUT2D eigenvalue weighted by Gasteiger charge is -1.96. The molecule has 0 unspecified atom stereocenters. The molecule has 0 aliphatic heterocycles. The first kappa shape index (κ1) is 8.25. The lowest BCUT2D eigenvalue weighted by Crippen LogP contribution is -2.14. The van der Waals surface area contributed by atoms with E-state index in [-0.39, 0.29) is 5.88 Å². The summed E-state index contributed by atoms with van der Waals surface area (Å²) in [6.45, 7) is 0.582. The van der Waals surface area contributed by atoms with Crippen LogP contribution < -0.4 is 5.32 Å². The summed E-state index contributed by atoms with van der Waals surface area (Å²) in [6, 6.07) is 3.60. The van der Waals surface area contributed by atoms with E-state index in [9.17, 15) is 10.1 Å². The molecule has 1 aromatic rings. The van der Waals surface area contributed by atoms with Crippen LogP contribution in [0.2, 0.25) is 0 Å². The first-order valence-electron chi connectivity index (χ1n) is 4.22. The van der Waals surface area contributed by atoms with Gasteiger partial charge in [0.25, 0.3) is 0 Å². The first-order valence-corrected chi connectivity index (χ1v) is 4.22. The van der Waals surface area contributed by atoms with Gasteiger partial charge in [0.05, 0.1) is 12.6 Å². The number of nitro groups is 1. The highest BCUT2D eigenvalue weighted by molar-refractivity contribution is 5.17. The third kappa shape index (κ3) is 2.06. The Morgan fingerprint density at radius 1 is 1.62 bits per heavy atom. The van der Waals surface area contributed by atoms with Crippen molar-refractivity contribution in [2.75, 3.05) is 0 Å². The van der Waals surface area contributed by atoms with Gasteiger partial charge in [0.1, 0.15) is 10.7 Å². The zero-order chi connectivity index (χ0) is 9.26. The van der Waals surface area contributed by atoms with E-state index in [1.807, 2.05) is 0 Å². The molecule has 0 radical (unpaired) electrons. The van der Waals surface area contributed by atoms with Crippen molar-refractivity contribution >= 4 is 5.88 Å². The van der Waals surface area contributed by atoms with Crippen LogP contribution in [0.3, 0.4) is 0 Å². The molecule has 1 N–H and O–H groups in total. The zero-order valence-electron chi connectivity index (χ0n) is 7.03. The molecule has 1 aliphatic rings. The molecule has 5 nitrogen and oxygen atoms in total. The summed E-state index contributed by atoms with van der Waals surface area (Å²) in [5.41, 5.74) is 0. The summed E-state index contributed by atoms with van der Waals surface area (Å²) >= 11 is 0. The fourth-order valence-electron chi connectivity index (χ4n) is 1.09. The fraction of sp³-hybridized carbons (Fsp3) is 0.500. The quantitative estimate of drug-likeness (QED) is 0.565. The summed E-state index contributed by atoms with van der Waals surface area (Å²) in [5, 5.41) is 13.5. The van der Waals surface area contributed by atoms with Crippen LogP contribution in [0.15, 0.2) is 16.5 Å². The van der Waals surface area contributed by atoms with Crippen LogP contribution >= 0.6 is 0 Å². The number of nitrogens with zero attached hydrogens (tertiary/aromatic N) is 1. The predicted molar refractivity (Wildman–Crippen MR) is 45.2 cm³/mol. The van der Waals surface area contributed by atoms with Crippen LogP contribution in [-0.4, -0.2) is 11.0 Å². The molecule has 13 heavy (non-hydrogen) atoms. The molecule has 0 bridgehead atoms. The maximum absolute atomic E-state index is 10.3. The third-order valence-electron chi connectivity index (χ3n) is 1.97. The summed E-state index contributed by atoms with van der Waals surface area (Å²) in [6.07, 6.45) is 2.39. The molecule has 0 aromatic carbocycles. The van der Waals surface area contributed by atoms with E-state index < -0.39 is 4.92 Å². The molecule has 0 saturated heterocycles. The molecule has 1 aromatic heterocycles. The number of rotatable bonds is 4. The summed E-state index contributed by atoms with van der Waals surface area (Å²) in [4.78, 5) is 9.73. The van der Waals surface area contributed by atoms with Gasteiger partial charge in [0.2, 0.25) is 0 Å². The van der Waals surface area contributed by atoms with Gasteiger partial charge in [-0.05, 0) is 18.9 Å². The number of nitrogens with one attached hydrogen (secondary N) is 1. The molecular formula is C8H10N2O3.